The summed E-state index contributed by atoms with van der Waals surface area (Å²) in [7, 11) is 0. The van der Waals surface area contributed by atoms with Crippen LogP contribution in [0.4, 0.5) is 5.69 Å². The summed E-state index contributed by atoms with van der Waals surface area (Å²) >= 11 is 0. The first kappa shape index (κ1) is 12.9. The summed E-state index contributed by atoms with van der Waals surface area (Å²) in [4.78, 5) is 2.16. The second-order valence-corrected chi connectivity index (χ2v) is 4.67. The fraction of sp³-hybridized carbons (Fsp3) is 0.500. The number of nitrogens with two attached hydrogens (primary N) is 1. The van der Waals surface area contributed by atoms with E-state index in [1.54, 1.807) is 0 Å². The Morgan fingerprint density at radius 3 is 2.72 bits per heavy atom. The first-order chi connectivity index (χ1) is 8.80. The molecule has 2 rings (SSSR count). The molecule has 4 heteroatoms. The molecule has 1 aliphatic carbocycles. The lowest BCUT2D eigenvalue weighted by atomic mass is 9.90. The summed E-state index contributed by atoms with van der Waals surface area (Å²) < 4.78 is 0. The zero-order valence-corrected chi connectivity index (χ0v) is 10.5. The Morgan fingerprint density at radius 1 is 1.44 bits per heavy atom. The van der Waals surface area contributed by atoms with Crippen molar-refractivity contribution in [2.45, 2.75) is 31.8 Å². The minimum Gasteiger partial charge on any atom is -0.395 e. The molecule has 0 spiro atoms. The predicted octanol–water partition coefficient (Wildman–Crippen LogP) is 1.37. The van der Waals surface area contributed by atoms with Crippen LogP contribution < -0.4 is 10.6 Å². The average Bonchev–Trinajstić information content (AvgIpc) is 2.35. The van der Waals surface area contributed by atoms with Crippen molar-refractivity contribution in [3.63, 3.8) is 0 Å². The Kier molecular flexibility index (Phi) is 4.19. The Balaban J connectivity index is 2.31. The minimum atomic E-state index is 0.111. The third-order valence-electron chi connectivity index (χ3n) is 3.58. The van der Waals surface area contributed by atoms with Crippen molar-refractivity contribution in [3.05, 3.63) is 29.3 Å². The Morgan fingerprint density at radius 2 is 2.22 bits per heavy atom. The largest absolute Gasteiger partial charge is 0.395 e. The second-order valence-electron chi connectivity index (χ2n) is 4.67. The molecule has 1 saturated carbocycles. The molecule has 4 nitrogen and oxygen atoms in total. The SMILES string of the molecule is N#Cc1cc(CN)ccc1N(CCO)C1CCC1. The van der Waals surface area contributed by atoms with Crippen LogP contribution in [0, 0.1) is 11.3 Å². The fourth-order valence-corrected chi connectivity index (χ4v) is 2.36. The van der Waals surface area contributed by atoms with Gasteiger partial charge in [0.15, 0.2) is 0 Å². The molecule has 18 heavy (non-hydrogen) atoms. The van der Waals surface area contributed by atoms with Gasteiger partial charge in [-0.3, -0.25) is 0 Å². The third kappa shape index (κ3) is 2.47. The number of rotatable bonds is 5. The number of hydrogen-bond acceptors (Lipinski definition) is 4. The number of aliphatic hydroxyl groups is 1. The number of nitrogens with zero attached hydrogens (tertiary/aromatic N) is 2. The Bertz CT molecular complexity index is 449. The van der Waals surface area contributed by atoms with Crippen LogP contribution >= 0.6 is 0 Å². The van der Waals surface area contributed by atoms with Gasteiger partial charge in [-0.05, 0) is 37.0 Å². The molecule has 0 amide bonds. The van der Waals surface area contributed by atoms with E-state index in [9.17, 15) is 10.4 Å². The maximum Gasteiger partial charge on any atom is 0.101 e. The molecule has 0 aromatic heterocycles. The molecule has 0 aliphatic heterocycles. The molecule has 1 aliphatic rings. The van der Waals surface area contributed by atoms with Gasteiger partial charge in [-0.2, -0.15) is 5.26 Å². The van der Waals surface area contributed by atoms with Gasteiger partial charge in [0.1, 0.15) is 6.07 Å². The number of benzene rings is 1. The normalized spacial score (nSPS) is 14.9. The van der Waals surface area contributed by atoms with E-state index in [0.29, 0.717) is 24.7 Å². The highest BCUT2D eigenvalue weighted by molar-refractivity contribution is 5.61. The fourth-order valence-electron chi connectivity index (χ4n) is 2.36. The Labute approximate surface area is 108 Å². The summed E-state index contributed by atoms with van der Waals surface area (Å²) in [6.45, 7) is 1.14. The highest BCUT2D eigenvalue weighted by Gasteiger charge is 2.26. The van der Waals surface area contributed by atoms with Crippen LogP contribution in [0.2, 0.25) is 0 Å². The predicted molar refractivity (Wildman–Crippen MR) is 71.1 cm³/mol. The topological polar surface area (TPSA) is 73.3 Å². The van der Waals surface area contributed by atoms with E-state index in [2.05, 4.69) is 11.0 Å². The van der Waals surface area contributed by atoms with Crippen LogP contribution in [-0.4, -0.2) is 24.3 Å². The molecule has 0 bridgehead atoms. The van der Waals surface area contributed by atoms with Crippen molar-refractivity contribution >= 4 is 5.69 Å². The quantitative estimate of drug-likeness (QED) is 0.821. The highest BCUT2D eigenvalue weighted by atomic mass is 16.3. The lowest BCUT2D eigenvalue weighted by Crippen LogP contribution is -2.42. The van der Waals surface area contributed by atoms with E-state index >= 15 is 0 Å². The lowest BCUT2D eigenvalue weighted by Gasteiger charge is -2.39. The van der Waals surface area contributed by atoms with Gasteiger partial charge in [0.05, 0.1) is 17.9 Å². The van der Waals surface area contributed by atoms with E-state index < -0.39 is 0 Å². The molecule has 0 saturated heterocycles. The highest BCUT2D eigenvalue weighted by Crippen LogP contribution is 2.31. The van der Waals surface area contributed by atoms with Crippen molar-refractivity contribution in [1.29, 1.82) is 5.26 Å². The van der Waals surface area contributed by atoms with Crippen molar-refractivity contribution in [2.75, 3.05) is 18.1 Å². The number of anilines is 1. The molecule has 96 valence electrons. The molecule has 3 N–H and O–H groups in total. The van der Waals surface area contributed by atoms with E-state index in [1.807, 2.05) is 18.2 Å². The van der Waals surface area contributed by atoms with Crippen LogP contribution in [0.15, 0.2) is 18.2 Å². The average molecular weight is 245 g/mol. The van der Waals surface area contributed by atoms with Gasteiger partial charge >= 0.3 is 0 Å². The molecule has 1 aromatic carbocycles. The zero-order valence-electron chi connectivity index (χ0n) is 10.5. The van der Waals surface area contributed by atoms with Gasteiger partial charge < -0.3 is 15.7 Å². The zero-order chi connectivity index (χ0) is 13.0. The summed E-state index contributed by atoms with van der Waals surface area (Å²) in [5.74, 6) is 0. The maximum absolute atomic E-state index is 9.25. The van der Waals surface area contributed by atoms with Gasteiger partial charge in [-0.1, -0.05) is 6.07 Å². The number of nitriles is 1. The van der Waals surface area contributed by atoms with Crippen molar-refractivity contribution in [3.8, 4) is 6.07 Å². The molecular weight excluding hydrogens is 226 g/mol. The summed E-state index contributed by atoms with van der Waals surface area (Å²) in [6, 6.07) is 8.46. The first-order valence-corrected chi connectivity index (χ1v) is 6.40. The molecule has 1 aromatic rings. The van der Waals surface area contributed by atoms with Gasteiger partial charge in [0, 0.05) is 19.1 Å². The van der Waals surface area contributed by atoms with Gasteiger partial charge in [-0.25, -0.2) is 0 Å². The molecule has 1 fully saturated rings. The van der Waals surface area contributed by atoms with E-state index in [1.165, 1.54) is 6.42 Å². The molecule has 0 heterocycles. The minimum absolute atomic E-state index is 0.111. The summed E-state index contributed by atoms with van der Waals surface area (Å²) in [6.07, 6.45) is 3.52. The maximum atomic E-state index is 9.25. The standard InChI is InChI=1S/C14H19N3O/c15-9-11-4-5-14(12(8-11)10-16)17(6-7-18)13-2-1-3-13/h4-5,8,13,18H,1-3,6-7,9,15H2. The van der Waals surface area contributed by atoms with Gasteiger partial charge in [0.2, 0.25) is 0 Å². The number of hydrogen-bond donors (Lipinski definition) is 2. The first-order valence-electron chi connectivity index (χ1n) is 6.40. The van der Waals surface area contributed by atoms with Crippen molar-refractivity contribution in [1.82, 2.24) is 0 Å². The lowest BCUT2D eigenvalue weighted by molar-refractivity contribution is 0.283. The van der Waals surface area contributed by atoms with Crippen molar-refractivity contribution in [2.24, 2.45) is 5.73 Å². The molecule has 0 radical (unpaired) electrons. The van der Waals surface area contributed by atoms with Crippen LogP contribution in [-0.2, 0) is 6.54 Å². The van der Waals surface area contributed by atoms with E-state index in [-0.39, 0.29) is 6.61 Å². The van der Waals surface area contributed by atoms with E-state index in [4.69, 9.17) is 5.73 Å². The van der Waals surface area contributed by atoms with Gasteiger partial charge in [-0.15, -0.1) is 0 Å². The number of aliphatic hydroxyl groups excluding tert-OH is 1. The smallest absolute Gasteiger partial charge is 0.101 e. The van der Waals surface area contributed by atoms with E-state index in [0.717, 1.165) is 24.1 Å². The summed E-state index contributed by atoms with van der Waals surface area (Å²) in [5, 5.41) is 18.4. The third-order valence-corrected chi connectivity index (χ3v) is 3.58. The second kappa shape index (κ2) is 5.85. The summed E-state index contributed by atoms with van der Waals surface area (Å²) in [5.41, 5.74) is 8.13. The van der Waals surface area contributed by atoms with Crippen LogP contribution in [0.1, 0.15) is 30.4 Å². The Hall–Kier alpha value is -1.57. The molecule has 0 atom stereocenters. The monoisotopic (exact) mass is 245 g/mol. The van der Waals surface area contributed by atoms with Gasteiger partial charge in [0.25, 0.3) is 0 Å². The van der Waals surface area contributed by atoms with Crippen molar-refractivity contribution < 1.29 is 5.11 Å². The van der Waals surface area contributed by atoms with Crippen LogP contribution in [0.25, 0.3) is 0 Å². The molecule has 0 unspecified atom stereocenters. The molecular formula is C14H19N3O. The van der Waals surface area contributed by atoms with Crippen LogP contribution in [0.5, 0.6) is 0 Å². The van der Waals surface area contributed by atoms with Crippen LogP contribution in [0.3, 0.4) is 0 Å².